The Kier molecular flexibility index (Phi) is 5.17. The van der Waals surface area contributed by atoms with E-state index in [-0.39, 0.29) is 0 Å². The van der Waals surface area contributed by atoms with E-state index in [1.165, 1.54) is 24.8 Å². The molecule has 2 bridgehead atoms. The van der Waals surface area contributed by atoms with E-state index in [0.717, 1.165) is 38.8 Å². The second-order valence-electron chi connectivity index (χ2n) is 7.13. The summed E-state index contributed by atoms with van der Waals surface area (Å²) in [5.74, 6) is 0. The van der Waals surface area contributed by atoms with Gasteiger partial charge in [-0.15, -0.1) is 0 Å². The molecule has 2 atom stereocenters. The topological polar surface area (TPSA) is 32.7 Å². The number of hydrogen-bond acceptors (Lipinski definition) is 3. The van der Waals surface area contributed by atoms with Crippen LogP contribution >= 0.6 is 0 Å². The van der Waals surface area contributed by atoms with Crippen molar-refractivity contribution in [3.8, 4) is 0 Å². The Balaban J connectivity index is 1.65. The second kappa shape index (κ2) is 7.12. The van der Waals surface area contributed by atoms with Crippen molar-refractivity contribution in [2.45, 2.75) is 69.2 Å². The highest BCUT2D eigenvalue weighted by Gasteiger charge is 2.44. The number of rotatable bonds is 6. The fraction of sp³-hybridized carbons (Fsp3) is 0.684. The lowest BCUT2D eigenvalue weighted by molar-refractivity contribution is -0.101. The van der Waals surface area contributed by atoms with Gasteiger partial charge in [0.05, 0.1) is 5.60 Å². The van der Waals surface area contributed by atoms with E-state index in [0.29, 0.717) is 12.1 Å². The van der Waals surface area contributed by atoms with Crippen molar-refractivity contribution >= 4 is 0 Å². The van der Waals surface area contributed by atoms with E-state index < -0.39 is 5.60 Å². The number of aliphatic hydroxyl groups is 1. The van der Waals surface area contributed by atoms with Crippen LogP contribution in [0.4, 0.5) is 0 Å². The predicted molar refractivity (Wildman–Crippen MR) is 88.7 cm³/mol. The summed E-state index contributed by atoms with van der Waals surface area (Å²) < 4.78 is 5.15. The Labute approximate surface area is 134 Å². The smallest absolute Gasteiger partial charge is 0.0678 e. The van der Waals surface area contributed by atoms with E-state index in [4.69, 9.17) is 4.74 Å². The Bertz CT molecular complexity index is 448. The largest absolute Gasteiger partial charge is 0.390 e. The van der Waals surface area contributed by atoms with Crippen molar-refractivity contribution in [3.05, 3.63) is 35.9 Å². The molecule has 3 rings (SSSR count). The van der Waals surface area contributed by atoms with Crippen LogP contribution in [0.25, 0.3) is 0 Å². The molecule has 0 aliphatic carbocycles. The van der Waals surface area contributed by atoms with Gasteiger partial charge in [-0.1, -0.05) is 36.8 Å². The maximum absolute atomic E-state index is 11.0. The summed E-state index contributed by atoms with van der Waals surface area (Å²) in [7, 11) is 1.74. The van der Waals surface area contributed by atoms with Gasteiger partial charge in [0.2, 0.25) is 0 Å². The lowest BCUT2D eigenvalue weighted by Gasteiger charge is -2.52. The van der Waals surface area contributed by atoms with Crippen LogP contribution in [-0.2, 0) is 11.3 Å². The highest BCUT2D eigenvalue weighted by atomic mass is 16.5. The first kappa shape index (κ1) is 16.0. The lowest BCUT2D eigenvalue weighted by Crippen LogP contribution is -2.57. The Morgan fingerprint density at radius 1 is 1.18 bits per heavy atom. The van der Waals surface area contributed by atoms with E-state index in [9.17, 15) is 5.11 Å². The molecular formula is C19H29NO2. The van der Waals surface area contributed by atoms with Crippen LogP contribution in [-0.4, -0.2) is 41.4 Å². The monoisotopic (exact) mass is 303 g/mol. The number of fused-ring (bicyclic) bond motifs is 2. The van der Waals surface area contributed by atoms with E-state index >= 15 is 0 Å². The summed E-state index contributed by atoms with van der Waals surface area (Å²) in [6, 6.07) is 11.8. The molecule has 3 nitrogen and oxygen atoms in total. The minimum Gasteiger partial charge on any atom is -0.390 e. The molecule has 1 aromatic carbocycles. The average Bonchev–Trinajstić information content (AvgIpc) is 2.50. The molecule has 2 unspecified atom stereocenters. The maximum Gasteiger partial charge on any atom is 0.0678 e. The molecule has 1 aromatic rings. The van der Waals surface area contributed by atoms with Crippen LogP contribution in [0.3, 0.4) is 0 Å². The molecule has 122 valence electrons. The third-order valence-electron chi connectivity index (χ3n) is 5.44. The Hall–Kier alpha value is -0.900. The maximum atomic E-state index is 11.0. The van der Waals surface area contributed by atoms with E-state index in [1.54, 1.807) is 7.11 Å². The molecule has 2 aliphatic heterocycles. The van der Waals surface area contributed by atoms with E-state index in [1.807, 2.05) is 0 Å². The predicted octanol–water partition coefficient (Wildman–Crippen LogP) is 3.36. The standard InChI is InChI=1S/C19H29NO2/c1-22-12-6-11-19(21)13-17-9-5-10-18(14-19)20(17)15-16-7-3-2-4-8-16/h2-4,7-8,17-18,21H,5-6,9-15H2,1H3. The van der Waals surface area contributed by atoms with E-state index in [2.05, 4.69) is 35.2 Å². The van der Waals surface area contributed by atoms with Gasteiger partial charge in [-0.05, 0) is 44.1 Å². The van der Waals surface area contributed by atoms with Crippen molar-refractivity contribution < 1.29 is 9.84 Å². The summed E-state index contributed by atoms with van der Waals surface area (Å²) in [5.41, 5.74) is 0.922. The van der Waals surface area contributed by atoms with Crippen molar-refractivity contribution in [2.75, 3.05) is 13.7 Å². The molecule has 2 saturated heterocycles. The van der Waals surface area contributed by atoms with Gasteiger partial charge in [0, 0.05) is 32.3 Å². The van der Waals surface area contributed by atoms with Crippen molar-refractivity contribution in [2.24, 2.45) is 0 Å². The summed E-state index contributed by atoms with van der Waals surface area (Å²) in [4.78, 5) is 2.66. The molecule has 0 amide bonds. The van der Waals surface area contributed by atoms with Crippen LogP contribution in [0.2, 0.25) is 0 Å². The van der Waals surface area contributed by atoms with Gasteiger partial charge in [0.15, 0.2) is 0 Å². The number of piperidine rings is 2. The molecule has 0 radical (unpaired) electrons. The molecule has 0 aromatic heterocycles. The fourth-order valence-electron chi connectivity index (χ4n) is 4.42. The zero-order valence-corrected chi connectivity index (χ0v) is 13.7. The summed E-state index contributed by atoms with van der Waals surface area (Å²) in [5, 5.41) is 11.0. The summed E-state index contributed by atoms with van der Waals surface area (Å²) in [6.07, 6.45) is 7.48. The van der Waals surface area contributed by atoms with Crippen molar-refractivity contribution in [3.63, 3.8) is 0 Å². The molecule has 3 heteroatoms. The van der Waals surface area contributed by atoms with Crippen molar-refractivity contribution in [1.82, 2.24) is 4.90 Å². The quantitative estimate of drug-likeness (QED) is 0.818. The van der Waals surface area contributed by atoms with Crippen molar-refractivity contribution in [1.29, 1.82) is 0 Å². The number of methoxy groups -OCH3 is 1. The van der Waals surface area contributed by atoms with Gasteiger partial charge in [-0.2, -0.15) is 0 Å². The summed E-state index contributed by atoms with van der Waals surface area (Å²) >= 11 is 0. The molecule has 2 heterocycles. The van der Waals surface area contributed by atoms with Crippen LogP contribution in [0, 0.1) is 0 Å². The normalized spacial score (nSPS) is 32.1. The van der Waals surface area contributed by atoms with Gasteiger partial charge in [0.1, 0.15) is 0 Å². The van der Waals surface area contributed by atoms with Gasteiger partial charge >= 0.3 is 0 Å². The van der Waals surface area contributed by atoms with Crippen LogP contribution in [0.1, 0.15) is 50.5 Å². The van der Waals surface area contributed by atoms with Crippen LogP contribution < -0.4 is 0 Å². The first-order valence-corrected chi connectivity index (χ1v) is 8.71. The molecule has 2 fully saturated rings. The molecular weight excluding hydrogens is 274 g/mol. The van der Waals surface area contributed by atoms with Gasteiger partial charge < -0.3 is 9.84 Å². The van der Waals surface area contributed by atoms with Crippen LogP contribution in [0.15, 0.2) is 30.3 Å². The first-order chi connectivity index (χ1) is 10.7. The molecule has 1 N–H and O–H groups in total. The fourth-order valence-corrected chi connectivity index (χ4v) is 4.42. The van der Waals surface area contributed by atoms with Gasteiger partial charge in [-0.3, -0.25) is 4.90 Å². The number of nitrogens with zero attached hydrogens (tertiary/aromatic N) is 1. The zero-order chi connectivity index (χ0) is 15.4. The number of hydrogen-bond donors (Lipinski definition) is 1. The zero-order valence-electron chi connectivity index (χ0n) is 13.7. The SMILES string of the molecule is COCCCC1(O)CC2CCCC(C1)N2Cc1ccccc1. The highest BCUT2D eigenvalue weighted by Crippen LogP contribution is 2.41. The Morgan fingerprint density at radius 2 is 1.86 bits per heavy atom. The minimum absolute atomic E-state index is 0.471. The summed E-state index contributed by atoms with van der Waals surface area (Å²) in [6.45, 7) is 1.79. The third kappa shape index (κ3) is 3.70. The van der Waals surface area contributed by atoms with Crippen LogP contribution in [0.5, 0.6) is 0 Å². The Morgan fingerprint density at radius 3 is 2.50 bits per heavy atom. The first-order valence-electron chi connectivity index (χ1n) is 8.71. The van der Waals surface area contributed by atoms with Gasteiger partial charge in [0.25, 0.3) is 0 Å². The molecule has 22 heavy (non-hydrogen) atoms. The average molecular weight is 303 g/mol. The minimum atomic E-state index is -0.471. The van der Waals surface area contributed by atoms with Gasteiger partial charge in [-0.25, -0.2) is 0 Å². The third-order valence-corrected chi connectivity index (χ3v) is 5.44. The second-order valence-corrected chi connectivity index (χ2v) is 7.13. The molecule has 0 spiro atoms. The highest BCUT2D eigenvalue weighted by molar-refractivity contribution is 5.15. The molecule has 0 saturated carbocycles. The number of ether oxygens (including phenoxy) is 1. The lowest BCUT2D eigenvalue weighted by atomic mass is 9.73. The number of benzene rings is 1. The molecule has 2 aliphatic rings.